The first kappa shape index (κ1) is 14.7. The molecule has 1 aliphatic carbocycles. The van der Waals surface area contributed by atoms with Gasteiger partial charge in [0.25, 0.3) is 5.91 Å². The van der Waals surface area contributed by atoms with Crippen molar-refractivity contribution in [3.8, 4) is 0 Å². The first-order valence-corrected chi connectivity index (χ1v) is 7.34. The van der Waals surface area contributed by atoms with E-state index in [1.165, 1.54) is 25.7 Å². The smallest absolute Gasteiger partial charge is 0.272 e. The molecule has 1 aromatic heterocycles. The Morgan fingerprint density at radius 3 is 2.60 bits per heavy atom. The summed E-state index contributed by atoms with van der Waals surface area (Å²) in [7, 11) is 0. The zero-order valence-electron chi connectivity index (χ0n) is 11.9. The topological polar surface area (TPSA) is 92.9 Å². The molecule has 1 saturated carbocycles. The van der Waals surface area contributed by atoms with Crippen molar-refractivity contribution in [2.45, 2.75) is 51.5 Å². The van der Waals surface area contributed by atoms with Gasteiger partial charge < -0.3 is 10.7 Å². The van der Waals surface area contributed by atoms with E-state index in [1.807, 2.05) is 0 Å². The van der Waals surface area contributed by atoms with E-state index < -0.39 is 0 Å². The van der Waals surface area contributed by atoms with Crippen molar-refractivity contribution in [2.24, 2.45) is 11.8 Å². The predicted octanol–water partition coefficient (Wildman–Crippen LogP) is 1.85. The van der Waals surface area contributed by atoms with Crippen LogP contribution in [-0.2, 0) is 0 Å². The summed E-state index contributed by atoms with van der Waals surface area (Å²) < 4.78 is 0. The molecule has 0 aliphatic heterocycles. The third-order valence-electron chi connectivity index (χ3n) is 3.92. The monoisotopic (exact) mass is 277 g/mol. The third-order valence-corrected chi connectivity index (χ3v) is 3.92. The summed E-state index contributed by atoms with van der Waals surface area (Å²) in [6, 6.07) is 3.53. The van der Waals surface area contributed by atoms with Gasteiger partial charge in [-0.15, -0.1) is 10.2 Å². The van der Waals surface area contributed by atoms with Gasteiger partial charge in [0.2, 0.25) is 0 Å². The Kier molecular flexibility index (Phi) is 5.29. The van der Waals surface area contributed by atoms with Crippen molar-refractivity contribution < 1.29 is 4.79 Å². The molecule has 0 radical (unpaired) electrons. The van der Waals surface area contributed by atoms with E-state index in [2.05, 4.69) is 27.9 Å². The van der Waals surface area contributed by atoms with Gasteiger partial charge in [0.15, 0.2) is 11.5 Å². The second kappa shape index (κ2) is 7.19. The van der Waals surface area contributed by atoms with Gasteiger partial charge in [-0.1, -0.05) is 19.8 Å². The molecule has 0 unspecified atom stereocenters. The van der Waals surface area contributed by atoms with Crippen LogP contribution in [0.15, 0.2) is 12.1 Å². The fraction of sp³-hybridized carbons (Fsp3) is 0.643. The number of hydrazine groups is 1. The summed E-state index contributed by atoms with van der Waals surface area (Å²) in [6.07, 6.45) is 7.10. The van der Waals surface area contributed by atoms with Crippen LogP contribution in [0.25, 0.3) is 0 Å². The standard InChI is InChI=1S/C14H23N5O/c1-2-3-10-4-6-11(7-5-10)16-14(20)12-8-9-13(17-15)19-18-12/h8-11H,2-7,15H2,1H3,(H,16,20)(H,17,19). The maximum atomic E-state index is 12.1. The molecule has 1 fully saturated rings. The van der Waals surface area contributed by atoms with Gasteiger partial charge >= 0.3 is 0 Å². The van der Waals surface area contributed by atoms with Crippen LogP contribution in [0, 0.1) is 5.92 Å². The van der Waals surface area contributed by atoms with Crippen molar-refractivity contribution in [1.82, 2.24) is 15.5 Å². The van der Waals surface area contributed by atoms with Crippen LogP contribution in [-0.4, -0.2) is 22.1 Å². The second-order valence-electron chi connectivity index (χ2n) is 5.43. The summed E-state index contributed by atoms with van der Waals surface area (Å²) in [5.41, 5.74) is 2.72. The average molecular weight is 277 g/mol. The molecule has 1 heterocycles. The largest absolute Gasteiger partial charge is 0.348 e. The molecule has 1 amide bonds. The van der Waals surface area contributed by atoms with Crippen LogP contribution in [0.2, 0.25) is 0 Å². The molecular weight excluding hydrogens is 254 g/mol. The van der Waals surface area contributed by atoms with Crippen molar-refractivity contribution in [2.75, 3.05) is 5.43 Å². The Morgan fingerprint density at radius 2 is 2.05 bits per heavy atom. The SMILES string of the molecule is CCCC1CCC(NC(=O)c2ccc(NN)nn2)CC1. The van der Waals surface area contributed by atoms with E-state index in [0.717, 1.165) is 18.8 Å². The quantitative estimate of drug-likeness (QED) is 0.564. The molecule has 6 heteroatoms. The highest BCUT2D eigenvalue weighted by atomic mass is 16.2. The summed E-state index contributed by atoms with van der Waals surface area (Å²) in [6.45, 7) is 2.23. The van der Waals surface area contributed by atoms with Gasteiger partial charge in [-0.2, -0.15) is 0 Å². The summed E-state index contributed by atoms with van der Waals surface area (Å²) in [5.74, 6) is 6.34. The van der Waals surface area contributed by atoms with Crippen molar-refractivity contribution in [3.05, 3.63) is 17.8 Å². The number of nitrogen functional groups attached to an aromatic ring is 1. The molecule has 1 aromatic rings. The second-order valence-corrected chi connectivity index (χ2v) is 5.43. The van der Waals surface area contributed by atoms with Gasteiger partial charge in [-0.3, -0.25) is 4.79 Å². The highest BCUT2D eigenvalue weighted by molar-refractivity contribution is 5.92. The van der Waals surface area contributed by atoms with Gasteiger partial charge in [-0.25, -0.2) is 5.84 Å². The zero-order chi connectivity index (χ0) is 14.4. The van der Waals surface area contributed by atoms with Crippen molar-refractivity contribution >= 4 is 11.7 Å². The number of carbonyl (C=O) groups excluding carboxylic acids is 1. The number of nitrogens with zero attached hydrogens (tertiary/aromatic N) is 2. The minimum atomic E-state index is -0.153. The Morgan fingerprint density at radius 1 is 1.30 bits per heavy atom. The van der Waals surface area contributed by atoms with Gasteiger partial charge in [0, 0.05) is 6.04 Å². The summed E-state index contributed by atoms with van der Waals surface area (Å²) in [5, 5.41) is 10.7. The van der Waals surface area contributed by atoms with Crippen LogP contribution in [0.3, 0.4) is 0 Å². The minimum absolute atomic E-state index is 0.153. The van der Waals surface area contributed by atoms with E-state index in [-0.39, 0.29) is 11.9 Å². The lowest BCUT2D eigenvalue weighted by atomic mass is 9.83. The van der Waals surface area contributed by atoms with Crippen molar-refractivity contribution in [3.63, 3.8) is 0 Å². The molecule has 0 saturated heterocycles. The number of aromatic nitrogens is 2. The molecule has 1 aliphatic rings. The van der Waals surface area contributed by atoms with Crippen LogP contribution >= 0.6 is 0 Å². The van der Waals surface area contributed by atoms with Crippen LogP contribution in [0.5, 0.6) is 0 Å². The molecular formula is C14H23N5O. The molecule has 4 N–H and O–H groups in total. The highest BCUT2D eigenvalue weighted by Gasteiger charge is 2.22. The van der Waals surface area contributed by atoms with E-state index in [1.54, 1.807) is 12.1 Å². The number of nitrogens with two attached hydrogens (primary N) is 1. The molecule has 110 valence electrons. The number of rotatable bonds is 5. The lowest BCUT2D eigenvalue weighted by Crippen LogP contribution is -2.38. The number of amides is 1. The summed E-state index contributed by atoms with van der Waals surface area (Å²) >= 11 is 0. The molecule has 6 nitrogen and oxygen atoms in total. The maximum Gasteiger partial charge on any atom is 0.272 e. The van der Waals surface area contributed by atoms with E-state index in [4.69, 9.17) is 5.84 Å². The van der Waals surface area contributed by atoms with E-state index >= 15 is 0 Å². The fourth-order valence-electron chi connectivity index (χ4n) is 2.79. The normalized spacial score (nSPS) is 22.3. The number of nitrogens with one attached hydrogen (secondary N) is 2. The van der Waals surface area contributed by atoms with Gasteiger partial charge in [0.05, 0.1) is 0 Å². The Bertz CT molecular complexity index is 426. The number of hydrogen-bond acceptors (Lipinski definition) is 5. The molecule has 0 atom stereocenters. The first-order chi connectivity index (χ1) is 9.72. The third kappa shape index (κ3) is 3.90. The summed E-state index contributed by atoms with van der Waals surface area (Å²) in [4.78, 5) is 12.1. The van der Waals surface area contributed by atoms with Gasteiger partial charge in [0.1, 0.15) is 0 Å². The predicted molar refractivity (Wildman–Crippen MR) is 78.0 cm³/mol. The average Bonchev–Trinajstić information content (AvgIpc) is 2.49. The molecule has 0 spiro atoms. The molecule has 20 heavy (non-hydrogen) atoms. The number of hydrogen-bond donors (Lipinski definition) is 3. The van der Waals surface area contributed by atoms with Crippen LogP contribution in [0.4, 0.5) is 5.82 Å². The fourth-order valence-corrected chi connectivity index (χ4v) is 2.79. The number of carbonyl (C=O) groups is 1. The van der Waals surface area contributed by atoms with Crippen LogP contribution in [0.1, 0.15) is 55.9 Å². The molecule has 0 aromatic carbocycles. The van der Waals surface area contributed by atoms with Crippen molar-refractivity contribution in [1.29, 1.82) is 0 Å². The first-order valence-electron chi connectivity index (χ1n) is 7.34. The van der Waals surface area contributed by atoms with Crippen LogP contribution < -0.4 is 16.6 Å². The molecule has 0 bridgehead atoms. The lowest BCUT2D eigenvalue weighted by molar-refractivity contribution is 0.0915. The Hall–Kier alpha value is -1.69. The minimum Gasteiger partial charge on any atom is -0.348 e. The van der Waals surface area contributed by atoms with Gasteiger partial charge in [-0.05, 0) is 43.7 Å². The Labute approximate surface area is 119 Å². The van der Waals surface area contributed by atoms with E-state index in [9.17, 15) is 4.79 Å². The zero-order valence-corrected chi connectivity index (χ0v) is 11.9. The molecule has 2 rings (SSSR count). The lowest BCUT2D eigenvalue weighted by Gasteiger charge is -2.28. The maximum absolute atomic E-state index is 12.1. The van der Waals surface area contributed by atoms with E-state index in [0.29, 0.717) is 11.5 Å². The highest BCUT2D eigenvalue weighted by Crippen LogP contribution is 2.27. The number of anilines is 1. The Balaban J connectivity index is 1.82.